The Balaban J connectivity index is 2.36. The minimum Gasteiger partial charge on any atom is -0.465 e. The molecule has 1 N–H and O–H groups in total. The van der Waals surface area contributed by atoms with Crippen molar-refractivity contribution in [2.75, 3.05) is 52.4 Å². The summed E-state index contributed by atoms with van der Waals surface area (Å²) in [7, 11) is 0. The van der Waals surface area contributed by atoms with E-state index >= 15 is 0 Å². The van der Waals surface area contributed by atoms with E-state index in [2.05, 4.69) is 22.0 Å². The molecule has 1 rings (SSSR count). The first-order chi connectivity index (χ1) is 9.21. The van der Waals surface area contributed by atoms with Crippen LogP contribution in [0.3, 0.4) is 0 Å². The van der Waals surface area contributed by atoms with Gasteiger partial charge in [0.2, 0.25) is 0 Å². The standard InChI is InChI=1S/C14H29N3O2/c1-4-7-16-8-10-17(11-9-16)12-13(15-5-2)14(18)19-6-3/h13,15H,4-12H2,1-3H3. The predicted octanol–water partition coefficient (Wildman–Crippen LogP) is 0.555. The van der Waals surface area contributed by atoms with Crippen molar-refractivity contribution in [3.8, 4) is 0 Å². The van der Waals surface area contributed by atoms with Crippen molar-refractivity contribution in [3.63, 3.8) is 0 Å². The lowest BCUT2D eigenvalue weighted by atomic mass is 10.2. The average Bonchev–Trinajstić information content (AvgIpc) is 2.41. The number of ether oxygens (including phenoxy) is 1. The second-order valence-corrected chi connectivity index (χ2v) is 5.00. The van der Waals surface area contributed by atoms with E-state index in [4.69, 9.17) is 4.74 Å². The van der Waals surface area contributed by atoms with E-state index in [9.17, 15) is 4.79 Å². The fourth-order valence-electron chi connectivity index (χ4n) is 2.48. The summed E-state index contributed by atoms with van der Waals surface area (Å²) >= 11 is 0. The van der Waals surface area contributed by atoms with E-state index in [1.807, 2.05) is 13.8 Å². The van der Waals surface area contributed by atoms with Crippen LogP contribution in [0.4, 0.5) is 0 Å². The first-order valence-corrected chi connectivity index (χ1v) is 7.55. The second-order valence-electron chi connectivity index (χ2n) is 5.00. The highest BCUT2D eigenvalue weighted by molar-refractivity contribution is 5.76. The SMILES string of the molecule is CCCN1CCN(CC(NCC)C(=O)OCC)CC1. The minimum atomic E-state index is -0.192. The number of esters is 1. The van der Waals surface area contributed by atoms with Crippen LogP contribution in [-0.2, 0) is 9.53 Å². The van der Waals surface area contributed by atoms with Gasteiger partial charge in [0.25, 0.3) is 0 Å². The number of nitrogens with zero attached hydrogens (tertiary/aromatic N) is 2. The molecule has 112 valence electrons. The van der Waals surface area contributed by atoms with Crippen LogP contribution in [-0.4, -0.2) is 74.2 Å². The van der Waals surface area contributed by atoms with Gasteiger partial charge in [-0.25, -0.2) is 0 Å². The molecule has 1 aliphatic rings. The minimum absolute atomic E-state index is 0.125. The van der Waals surface area contributed by atoms with E-state index in [1.54, 1.807) is 0 Å². The van der Waals surface area contributed by atoms with Gasteiger partial charge in [0, 0.05) is 32.7 Å². The van der Waals surface area contributed by atoms with E-state index in [-0.39, 0.29) is 12.0 Å². The monoisotopic (exact) mass is 271 g/mol. The lowest BCUT2D eigenvalue weighted by molar-refractivity contribution is -0.146. The first kappa shape index (κ1) is 16.4. The van der Waals surface area contributed by atoms with Gasteiger partial charge >= 0.3 is 5.97 Å². The topological polar surface area (TPSA) is 44.8 Å². The number of hydrogen-bond donors (Lipinski definition) is 1. The zero-order valence-corrected chi connectivity index (χ0v) is 12.7. The number of nitrogens with one attached hydrogen (secondary N) is 1. The smallest absolute Gasteiger partial charge is 0.324 e. The highest BCUT2D eigenvalue weighted by Crippen LogP contribution is 2.04. The van der Waals surface area contributed by atoms with Crippen molar-refractivity contribution < 1.29 is 9.53 Å². The molecule has 0 aromatic heterocycles. The third kappa shape index (κ3) is 5.89. The van der Waals surface area contributed by atoms with Crippen LogP contribution < -0.4 is 5.32 Å². The van der Waals surface area contributed by atoms with Crippen LogP contribution in [0.2, 0.25) is 0 Å². The normalized spacial score (nSPS) is 19.3. The Morgan fingerprint density at radius 1 is 1.16 bits per heavy atom. The largest absolute Gasteiger partial charge is 0.465 e. The third-order valence-electron chi connectivity index (χ3n) is 3.47. The van der Waals surface area contributed by atoms with Crippen LogP contribution >= 0.6 is 0 Å². The van der Waals surface area contributed by atoms with Crippen LogP contribution in [0, 0.1) is 0 Å². The molecule has 19 heavy (non-hydrogen) atoms. The molecule has 0 bridgehead atoms. The summed E-state index contributed by atoms with van der Waals surface area (Å²) in [4.78, 5) is 16.7. The summed E-state index contributed by atoms with van der Waals surface area (Å²) in [6.07, 6.45) is 1.21. The average molecular weight is 271 g/mol. The summed E-state index contributed by atoms with van der Waals surface area (Å²) in [5.74, 6) is -0.125. The van der Waals surface area contributed by atoms with Crippen LogP contribution in [0.5, 0.6) is 0 Å². The van der Waals surface area contributed by atoms with E-state index in [0.29, 0.717) is 6.61 Å². The van der Waals surface area contributed by atoms with Crippen molar-refractivity contribution in [2.45, 2.75) is 33.2 Å². The molecule has 1 aliphatic heterocycles. The maximum atomic E-state index is 11.9. The molecule has 0 aromatic rings. The van der Waals surface area contributed by atoms with E-state index in [0.717, 1.165) is 39.3 Å². The first-order valence-electron chi connectivity index (χ1n) is 7.55. The molecule has 0 aliphatic carbocycles. The molecule has 0 amide bonds. The van der Waals surface area contributed by atoms with Crippen LogP contribution in [0.15, 0.2) is 0 Å². The second kappa shape index (κ2) is 9.28. The van der Waals surface area contributed by atoms with Crippen LogP contribution in [0.25, 0.3) is 0 Å². The molecule has 5 heteroatoms. The van der Waals surface area contributed by atoms with Gasteiger partial charge in [-0.05, 0) is 26.4 Å². The van der Waals surface area contributed by atoms with Gasteiger partial charge in [-0.1, -0.05) is 13.8 Å². The summed E-state index contributed by atoms with van der Waals surface area (Å²) < 4.78 is 5.12. The van der Waals surface area contributed by atoms with Gasteiger partial charge < -0.3 is 15.0 Å². The Bertz CT molecular complexity index is 253. The zero-order valence-electron chi connectivity index (χ0n) is 12.7. The number of piperazine rings is 1. The number of carbonyl (C=O) groups excluding carboxylic acids is 1. The number of carbonyl (C=O) groups is 1. The number of likely N-dealkylation sites (N-methyl/N-ethyl adjacent to an activating group) is 1. The summed E-state index contributed by atoms with van der Waals surface area (Å²) in [5, 5.41) is 3.22. The lowest BCUT2D eigenvalue weighted by Crippen LogP contribution is -2.53. The van der Waals surface area contributed by atoms with Gasteiger partial charge in [0.05, 0.1) is 6.61 Å². The Kier molecular flexibility index (Phi) is 8.02. The third-order valence-corrected chi connectivity index (χ3v) is 3.47. The quantitative estimate of drug-likeness (QED) is 0.653. The molecule has 0 spiro atoms. The van der Waals surface area contributed by atoms with Gasteiger partial charge in [0.1, 0.15) is 6.04 Å². The summed E-state index contributed by atoms with van der Waals surface area (Å²) in [6.45, 7) is 13.6. The molecule has 0 radical (unpaired) electrons. The van der Waals surface area contributed by atoms with Crippen molar-refractivity contribution in [1.29, 1.82) is 0 Å². The molecule has 0 saturated carbocycles. The highest BCUT2D eigenvalue weighted by Gasteiger charge is 2.24. The van der Waals surface area contributed by atoms with Crippen LogP contribution in [0.1, 0.15) is 27.2 Å². The predicted molar refractivity (Wildman–Crippen MR) is 77.3 cm³/mol. The van der Waals surface area contributed by atoms with Gasteiger partial charge in [-0.3, -0.25) is 9.69 Å². The van der Waals surface area contributed by atoms with Gasteiger partial charge in [0.15, 0.2) is 0 Å². The Hall–Kier alpha value is -0.650. The molecule has 1 saturated heterocycles. The highest BCUT2D eigenvalue weighted by atomic mass is 16.5. The van der Waals surface area contributed by atoms with E-state index in [1.165, 1.54) is 13.0 Å². The molecular formula is C14H29N3O2. The Labute approximate surface area is 117 Å². The van der Waals surface area contributed by atoms with Gasteiger partial charge in [-0.2, -0.15) is 0 Å². The van der Waals surface area contributed by atoms with E-state index < -0.39 is 0 Å². The van der Waals surface area contributed by atoms with Gasteiger partial charge in [-0.15, -0.1) is 0 Å². The number of rotatable bonds is 8. The molecule has 5 nitrogen and oxygen atoms in total. The molecule has 1 heterocycles. The van der Waals surface area contributed by atoms with Crippen molar-refractivity contribution in [2.24, 2.45) is 0 Å². The Morgan fingerprint density at radius 3 is 2.32 bits per heavy atom. The van der Waals surface area contributed by atoms with Crippen molar-refractivity contribution in [3.05, 3.63) is 0 Å². The number of hydrogen-bond acceptors (Lipinski definition) is 5. The maximum Gasteiger partial charge on any atom is 0.324 e. The summed E-state index contributed by atoms with van der Waals surface area (Å²) in [5.41, 5.74) is 0. The van der Waals surface area contributed by atoms with Crippen molar-refractivity contribution >= 4 is 5.97 Å². The molecule has 0 aromatic carbocycles. The fraction of sp³-hybridized carbons (Fsp3) is 0.929. The molecule has 1 fully saturated rings. The zero-order chi connectivity index (χ0) is 14.1. The molecule has 1 unspecified atom stereocenters. The van der Waals surface area contributed by atoms with Crippen molar-refractivity contribution in [1.82, 2.24) is 15.1 Å². The lowest BCUT2D eigenvalue weighted by Gasteiger charge is -2.36. The maximum absolute atomic E-state index is 11.9. The molecule has 1 atom stereocenters. The summed E-state index contributed by atoms with van der Waals surface area (Å²) in [6, 6.07) is -0.192. The Morgan fingerprint density at radius 2 is 1.79 bits per heavy atom. The fourth-order valence-corrected chi connectivity index (χ4v) is 2.48. The molecular weight excluding hydrogens is 242 g/mol.